The van der Waals surface area contributed by atoms with Crippen LogP contribution in [0.15, 0.2) is 29.2 Å². The van der Waals surface area contributed by atoms with E-state index in [9.17, 15) is 23.1 Å². The molecule has 8 heteroatoms. The van der Waals surface area contributed by atoms with Crippen molar-refractivity contribution in [3.8, 4) is 0 Å². The molecule has 1 aromatic carbocycles. The highest BCUT2D eigenvalue weighted by Crippen LogP contribution is 2.31. The molecule has 0 atom stereocenters. The molecule has 1 rings (SSSR count). The zero-order chi connectivity index (χ0) is 11.5. The monoisotopic (exact) mass is 236 g/mol. The fourth-order valence-corrected chi connectivity index (χ4v) is 1.75. The summed E-state index contributed by atoms with van der Waals surface area (Å²) in [4.78, 5) is 9.82. The number of thioether (sulfide) groups is 1. The van der Waals surface area contributed by atoms with Crippen molar-refractivity contribution in [1.29, 1.82) is 0 Å². The number of halogens is 3. The lowest BCUT2D eigenvalue weighted by Crippen LogP contribution is -2.19. The van der Waals surface area contributed by atoms with E-state index in [0.717, 1.165) is 0 Å². The standard InChI is InChI=1S/C7H6BF3NO2S/c9-8(10,11)5-15-7-4-2-1-3-6(7)12(13)14/h1-4H,5H2/q-1. The van der Waals surface area contributed by atoms with Gasteiger partial charge in [-0.25, -0.2) is 0 Å². The van der Waals surface area contributed by atoms with E-state index < -0.39 is 17.6 Å². The van der Waals surface area contributed by atoms with Crippen molar-refractivity contribution in [2.45, 2.75) is 4.90 Å². The van der Waals surface area contributed by atoms with Crippen LogP contribution >= 0.6 is 11.8 Å². The number of rotatable bonds is 4. The maximum absolute atomic E-state index is 11.9. The smallest absolute Gasteiger partial charge is 0.448 e. The Balaban J connectivity index is 2.81. The van der Waals surface area contributed by atoms with Gasteiger partial charge in [0, 0.05) is 6.07 Å². The van der Waals surface area contributed by atoms with E-state index >= 15 is 0 Å². The molecule has 0 fully saturated rings. The molecule has 0 heterocycles. The molecule has 0 saturated carbocycles. The van der Waals surface area contributed by atoms with Gasteiger partial charge in [-0.1, -0.05) is 12.1 Å². The van der Waals surface area contributed by atoms with E-state index in [1.165, 1.54) is 24.3 Å². The van der Waals surface area contributed by atoms with Gasteiger partial charge in [-0.3, -0.25) is 10.1 Å². The van der Waals surface area contributed by atoms with Crippen molar-refractivity contribution < 1.29 is 17.9 Å². The molecule has 0 aromatic heterocycles. The molecule has 0 spiro atoms. The fraction of sp³-hybridized carbons (Fsp3) is 0.143. The van der Waals surface area contributed by atoms with Crippen molar-refractivity contribution in [3.05, 3.63) is 34.4 Å². The second-order valence-electron chi connectivity index (χ2n) is 2.75. The Hall–Kier alpha value is -1.18. The maximum Gasteiger partial charge on any atom is 0.488 e. The van der Waals surface area contributed by atoms with Crippen LogP contribution in [0.1, 0.15) is 0 Å². The van der Waals surface area contributed by atoms with Gasteiger partial charge in [0.25, 0.3) is 5.69 Å². The van der Waals surface area contributed by atoms with E-state index in [0.29, 0.717) is 11.8 Å². The predicted octanol–water partition coefficient (Wildman–Crippen LogP) is 3.07. The minimum absolute atomic E-state index is 0.0432. The number of hydrogen-bond acceptors (Lipinski definition) is 3. The Kier molecular flexibility index (Phi) is 3.62. The van der Waals surface area contributed by atoms with Gasteiger partial charge in [-0.2, -0.15) is 0 Å². The highest BCUT2D eigenvalue weighted by Gasteiger charge is 2.24. The summed E-state index contributed by atoms with van der Waals surface area (Å²) in [6.07, 6.45) is 0. The number of nitrogens with zero attached hydrogens (tertiary/aromatic N) is 1. The molecule has 0 radical (unpaired) electrons. The van der Waals surface area contributed by atoms with Crippen LogP contribution in [0, 0.1) is 10.1 Å². The van der Waals surface area contributed by atoms with Crippen LogP contribution in [-0.2, 0) is 0 Å². The van der Waals surface area contributed by atoms with Crippen molar-refractivity contribution in [3.63, 3.8) is 0 Å². The second kappa shape index (κ2) is 4.56. The molecule has 0 aliphatic heterocycles. The first-order valence-corrected chi connectivity index (χ1v) is 4.96. The lowest BCUT2D eigenvalue weighted by Gasteiger charge is -2.12. The van der Waals surface area contributed by atoms with E-state index in [4.69, 9.17) is 0 Å². The van der Waals surface area contributed by atoms with Crippen LogP contribution in [0.3, 0.4) is 0 Å². The van der Waals surface area contributed by atoms with E-state index in [1.54, 1.807) is 0 Å². The Bertz CT molecular complexity index is 371. The largest absolute Gasteiger partial charge is 0.488 e. The van der Waals surface area contributed by atoms with E-state index in [-0.39, 0.29) is 10.6 Å². The first-order valence-electron chi connectivity index (χ1n) is 3.97. The number of benzene rings is 1. The number of nitro groups is 1. The van der Waals surface area contributed by atoms with Crippen molar-refractivity contribution in [2.75, 3.05) is 5.65 Å². The third-order valence-electron chi connectivity index (χ3n) is 1.49. The van der Waals surface area contributed by atoms with Crippen LogP contribution in [0.25, 0.3) is 0 Å². The van der Waals surface area contributed by atoms with E-state index in [2.05, 4.69) is 0 Å². The zero-order valence-electron chi connectivity index (χ0n) is 7.40. The molecule has 0 unspecified atom stereocenters. The second-order valence-corrected chi connectivity index (χ2v) is 3.81. The van der Waals surface area contributed by atoms with Crippen LogP contribution in [0.4, 0.5) is 18.6 Å². The van der Waals surface area contributed by atoms with Gasteiger partial charge in [0.05, 0.1) is 9.82 Å². The number of nitro benzene ring substituents is 1. The summed E-state index contributed by atoms with van der Waals surface area (Å²) >= 11 is 0.443. The Morgan fingerprint density at radius 1 is 1.33 bits per heavy atom. The van der Waals surface area contributed by atoms with Crippen LogP contribution in [-0.4, -0.2) is 17.6 Å². The Morgan fingerprint density at radius 3 is 2.47 bits per heavy atom. The molecule has 0 bridgehead atoms. The Labute approximate surface area is 87.9 Å². The molecule has 3 nitrogen and oxygen atoms in total. The maximum atomic E-state index is 11.9. The van der Waals surface area contributed by atoms with Crippen molar-refractivity contribution in [1.82, 2.24) is 0 Å². The lowest BCUT2D eigenvalue weighted by molar-refractivity contribution is -0.387. The van der Waals surface area contributed by atoms with Gasteiger partial charge in [-0.15, -0.1) is 11.8 Å². The number of hydrogen-bond donors (Lipinski definition) is 0. The van der Waals surface area contributed by atoms with Gasteiger partial charge in [0.15, 0.2) is 0 Å². The van der Waals surface area contributed by atoms with Gasteiger partial charge in [0.2, 0.25) is 0 Å². The molecule has 82 valence electrons. The highest BCUT2D eigenvalue weighted by atomic mass is 32.2. The fourth-order valence-electron chi connectivity index (χ4n) is 0.914. The zero-order valence-corrected chi connectivity index (χ0v) is 8.22. The molecular formula is C7H6BF3NO2S-. The minimum atomic E-state index is -4.92. The lowest BCUT2D eigenvalue weighted by atomic mass is 9.98. The van der Waals surface area contributed by atoms with Crippen LogP contribution in [0.5, 0.6) is 0 Å². The third kappa shape index (κ3) is 3.82. The molecule has 0 amide bonds. The first kappa shape index (κ1) is 11.9. The molecule has 0 aliphatic carbocycles. The summed E-state index contributed by atoms with van der Waals surface area (Å²) in [6.45, 7) is -4.92. The van der Waals surface area contributed by atoms with Crippen LogP contribution in [0.2, 0.25) is 0 Å². The molecular weight excluding hydrogens is 230 g/mol. The SMILES string of the molecule is O=[N+]([O-])c1ccccc1SC[B-](F)(F)F. The highest BCUT2D eigenvalue weighted by molar-refractivity contribution is 8.00. The molecule has 1 aromatic rings. The summed E-state index contributed by atoms with van der Waals surface area (Å²) < 4.78 is 35.8. The molecule has 0 N–H and O–H groups in total. The molecule has 15 heavy (non-hydrogen) atoms. The normalized spacial score (nSPS) is 11.4. The summed E-state index contributed by atoms with van der Waals surface area (Å²) in [5, 5.41) is 10.5. The van der Waals surface area contributed by atoms with Gasteiger partial charge in [-0.05, 0) is 11.7 Å². The summed E-state index contributed by atoms with van der Waals surface area (Å²) in [5.74, 6) is 0. The van der Waals surface area contributed by atoms with Gasteiger partial charge < -0.3 is 12.9 Å². The van der Waals surface area contributed by atoms with Crippen LogP contribution < -0.4 is 0 Å². The summed E-state index contributed by atoms with van der Waals surface area (Å²) in [7, 11) is 0. The predicted molar refractivity (Wildman–Crippen MR) is 52.9 cm³/mol. The van der Waals surface area contributed by atoms with Crippen molar-refractivity contribution >= 4 is 24.4 Å². The third-order valence-corrected chi connectivity index (χ3v) is 2.69. The van der Waals surface area contributed by atoms with Crippen molar-refractivity contribution in [2.24, 2.45) is 0 Å². The molecule has 0 aliphatic rings. The molecule has 0 saturated heterocycles. The quantitative estimate of drug-likeness (QED) is 0.349. The first-order chi connectivity index (χ1) is 6.90. The average molecular weight is 236 g/mol. The summed E-state index contributed by atoms with van der Waals surface area (Å²) in [5.41, 5.74) is -1.35. The minimum Gasteiger partial charge on any atom is -0.448 e. The van der Waals surface area contributed by atoms with Gasteiger partial charge in [0.1, 0.15) is 0 Å². The number of para-hydroxylation sites is 1. The average Bonchev–Trinajstić information content (AvgIpc) is 2.14. The summed E-state index contributed by atoms with van der Waals surface area (Å²) in [6, 6.07) is 5.38. The topological polar surface area (TPSA) is 43.1 Å². The van der Waals surface area contributed by atoms with Gasteiger partial charge >= 0.3 is 6.98 Å². The van der Waals surface area contributed by atoms with E-state index in [1.807, 2.05) is 0 Å². The Morgan fingerprint density at radius 2 is 1.93 bits per heavy atom.